The largest absolute Gasteiger partial charge is 0.505 e. The molecule has 0 aliphatic heterocycles. The van der Waals surface area contributed by atoms with Crippen molar-refractivity contribution in [1.29, 1.82) is 0 Å². The van der Waals surface area contributed by atoms with Crippen LogP contribution >= 0.6 is 0 Å². The first-order valence-electron chi connectivity index (χ1n) is 8.91. The van der Waals surface area contributed by atoms with Crippen LogP contribution in [0.3, 0.4) is 0 Å². The summed E-state index contributed by atoms with van der Waals surface area (Å²) in [7, 11) is 0. The Kier molecular flexibility index (Phi) is 5.87. The molecule has 0 bridgehead atoms. The van der Waals surface area contributed by atoms with Crippen LogP contribution in [0.4, 0.5) is 4.39 Å². The predicted octanol–water partition coefficient (Wildman–Crippen LogP) is 4.25. The molecule has 3 aromatic rings. The summed E-state index contributed by atoms with van der Waals surface area (Å²) >= 11 is 0. The summed E-state index contributed by atoms with van der Waals surface area (Å²) in [4.78, 5) is 17.1. The quantitative estimate of drug-likeness (QED) is 0.634. The lowest BCUT2D eigenvalue weighted by molar-refractivity contribution is 0.375. The molecular weight excluding hydrogens is 373 g/mol. The zero-order chi connectivity index (χ0) is 21.0. The molecule has 0 atom stereocenters. The number of nitrogens with zero attached hydrogens (tertiary/aromatic N) is 3. The van der Waals surface area contributed by atoms with Gasteiger partial charge in [0, 0.05) is 17.7 Å². The summed E-state index contributed by atoms with van der Waals surface area (Å²) in [6.45, 7) is 7.53. The molecule has 148 valence electrons. The molecule has 0 unspecified atom stereocenters. The molecule has 6 nitrogen and oxygen atoms in total. The van der Waals surface area contributed by atoms with Crippen LogP contribution in [0.2, 0.25) is 0 Å². The molecule has 0 aliphatic carbocycles. The van der Waals surface area contributed by atoms with Gasteiger partial charge in [-0.15, -0.1) is 0 Å². The van der Waals surface area contributed by atoms with E-state index in [0.717, 1.165) is 11.6 Å². The lowest BCUT2D eigenvalue weighted by Crippen LogP contribution is -2.24. The maximum atomic E-state index is 13.2. The zero-order valence-electron chi connectivity index (χ0n) is 16.1. The third kappa shape index (κ3) is 4.40. The summed E-state index contributed by atoms with van der Waals surface area (Å²) in [6.07, 6.45) is 7.20. The molecular formula is C22H20FN3O3. The SMILES string of the molecule is C=C/C(=C\C=C/C)c1cc(=O)n(Cc2cc(-c3ccc(F)c(O)c3)no2)c(C)n1. The molecule has 2 aromatic heterocycles. The Morgan fingerprint density at radius 2 is 2.14 bits per heavy atom. The normalized spacial score (nSPS) is 11.9. The summed E-state index contributed by atoms with van der Waals surface area (Å²) in [5, 5.41) is 13.4. The lowest BCUT2D eigenvalue weighted by Gasteiger charge is -2.09. The smallest absolute Gasteiger partial charge is 0.254 e. The van der Waals surface area contributed by atoms with Crippen molar-refractivity contribution in [2.24, 2.45) is 0 Å². The molecule has 1 aromatic carbocycles. The number of aryl methyl sites for hydroxylation is 1. The third-order valence-corrected chi connectivity index (χ3v) is 4.30. The van der Waals surface area contributed by atoms with Crippen LogP contribution in [0, 0.1) is 12.7 Å². The van der Waals surface area contributed by atoms with Crippen molar-refractivity contribution >= 4 is 5.57 Å². The standard InChI is InChI=1S/C22H20FN3O3/c1-4-6-7-15(5-2)19-12-22(28)26(14(3)24-19)13-17-11-20(25-29-17)16-8-9-18(23)21(27)10-16/h4-12,27H,2,13H2,1,3H3/b6-4-,15-7+. The summed E-state index contributed by atoms with van der Waals surface area (Å²) in [5.41, 5.74) is 1.97. The Balaban J connectivity index is 1.89. The van der Waals surface area contributed by atoms with Gasteiger partial charge in [0.2, 0.25) is 0 Å². The van der Waals surface area contributed by atoms with E-state index in [1.807, 2.05) is 25.2 Å². The number of rotatable bonds is 6. The fourth-order valence-corrected chi connectivity index (χ4v) is 2.77. The van der Waals surface area contributed by atoms with E-state index in [2.05, 4.69) is 16.7 Å². The third-order valence-electron chi connectivity index (χ3n) is 4.30. The molecule has 0 aliphatic rings. The fourth-order valence-electron chi connectivity index (χ4n) is 2.77. The van der Waals surface area contributed by atoms with Crippen molar-refractivity contribution < 1.29 is 14.0 Å². The van der Waals surface area contributed by atoms with Gasteiger partial charge in [0.25, 0.3) is 5.56 Å². The summed E-state index contributed by atoms with van der Waals surface area (Å²) in [6, 6.07) is 6.97. The van der Waals surface area contributed by atoms with Crippen molar-refractivity contribution in [3.8, 4) is 17.0 Å². The Bertz CT molecular complexity index is 1170. The second-order valence-corrected chi connectivity index (χ2v) is 6.31. The average Bonchev–Trinajstić information content (AvgIpc) is 3.16. The maximum Gasteiger partial charge on any atom is 0.254 e. The highest BCUT2D eigenvalue weighted by molar-refractivity contribution is 5.72. The number of phenols is 1. The van der Waals surface area contributed by atoms with E-state index in [4.69, 9.17) is 4.52 Å². The monoisotopic (exact) mass is 393 g/mol. The Labute approximate surface area is 166 Å². The van der Waals surface area contributed by atoms with Crippen LogP contribution in [0.5, 0.6) is 5.75 Å². The van der Waals surface area contributed by atoms with Gasteiger partial charge in [0.05, 0.1) is 12.2 Å². The van der Waals surface area contributed by atoms with Crippen molar-refractivity contribution in [2.75, 3.05) is 0 Å². The molecule has 0 saturated carbocycles. The van der Waals surface area contributed by atoms with Crippen molar-refractivity contribution in [3.63, 3.8) is 0 Å². The van der Waals surface area contributed by atoms with Crippen LogP contribution in [0.25, 0.3) is 16.8 Å². The van der Waals surface area contributed by atoms with Crippen LogP contribution in [0.1, 0.15) is 24.2 Å². The molecule has 2 heterocycles. The van der Waals surface area contributed by atoms with E-state index in [9.17, 15) is 14.3 Å². The Morgan fingerprint density at radius 1 is 1.34 bits per heavy atom. The van der Waals surface area contributed by atoms with Gasteiger partial charge in [-0.2, -0.15) is 0 Å². The first-order chi connectivity index (χ1) is 13.9. The van der Waals surface area contributed by atoms with E-state index in [-0.39, 0.29) is 12.1 Å². The van der Waals surface area contributed by atoms with Crippen LogP contribution < -0.4 is 5.56 Å². The minimum Gasteiger partial charge on any atom is -0.505 e. The number of aromatic hydroxyl groups is 1. The Morgan fingerprint density at radius 3 is 2.79 bits per heavy atom. The van der Waals surface area contributed by atoms with Gasteiger partial charge in [-0.1, -0.05) is 36.0 Å². The molecule has 0 spiro atoms. The van der Waals surface area contributed by atoms with Gasteiger partial charge in [0.1, 0.15) is 11.5 Å². The van der Waals surface area contributed by atoms with Gasteiger partial charge in [-0.3, -0.25) is 9.36 Å². The highest BCUT2D eigenvalue weighted by atomic mass is 19.1. The van der Waals surface area contributed by atoms with Crippen molar-refractivity contribution in [3.05, 3.63) is 94.7 Å². The number of hydrogen-bond acceptors (Lipinski definition) is 5. The minimum atomic E-state index is -0.715. The average molecular weight is 393 g/mol. The molecule has 7 heteroatoms. The molecule has 0 fully saturated rings. The van der Waals surface area contributed by atoms with Gasteiger partial charge >= 0.3 is 0 Å². The molecule has 29 heavy (non-hydrogen) atoms. The number of halogens is 1. The number of phenolic OH excluding ortho intramolecular Hbond substituents is 1. The van der Waals surface area contributed by atoms with Crippen molar-refractivity contribution in [2.45, 2.75) is 20.4 Å². The first kappa shape index (κ1) is 20.0. The van der Waals surface area contributed by atoms with Crippen LogP contribution in [-0.2, 0) is 6.54 Å². The van der Waals surface area contributed by atoms with E-state index in [0.29, 0.717) is 28.5 Å². The van der Waals surface area contributed by atoms with Crippen LogP contribution in [0.15, 0.2) is 70.5 Å². The topological polar surface area (TPSA) is 81.2 Å². The van der Waals surface area contributed by atoms with E-state index in [1.165, 1.54) is 22.8 Å². The highest BCUT2D eigenvalue weighted by Crippen LogP contribution is 2.25. The fraction of sp³-hybridized carbons (Fsp3) is 0.136. The predicted molar refractivity (Wildman–Crippen MR) is 109 cm³/mol. The second kappa shape index (κ2) is 8.52. The molecule has 0 amide bonds. The summed E-state index contributed by atoms with van der Waals surface area (Å²) < 4.78 is 20.0. The lowest BCUT2D eigenvalue weighted by atomic mass is 10.1. The van der Waals surface area contributed by atoms with Gasteiger partial charge in [-0.05, 0) is 37.6 Å². The molecule has 1 N–H and O–H groups in total. The molecule has 0 saturated heterocycles. The number of benzene rings is 1. The Hall–Kier alpha value is -3.74. The molecule has 3 rings (SSSR count). The molecule has 0 radical (unpaired) electrons. The first-order valence-corrected chi connectivity index (χ1v) is 8.91. The van der Waals surface area contributed by atoms with Crippen LogP contribution in [-0.4, -0.2) is 19.8 Å². The van der Waals surface area contributed by atoms with Gasteiger partial charge < -0.3 is 9.63 Å². The van der Waals surface area contributed by atoms with Crippen molar-refractivity contribution in [1.82, 2.24) is 14.7 Å². The van der Waals surface area contributed by atoms with E-state index < -0.39 is 11.6 Å². The number of aromatic nitrogens is 3. The number of hydrogen-bond donors (Lipinski definition) is 1. The number of allylic oxidation sites excluding steroid dienone is 5. The van der Waals surface area contributed by atoms with Gasteiger partial charge in [0.15, 0.2) is 17.3 Å². The zero-order valence-corrected chi connectivity index (χ0v) is 16.1. The maximum absolute atomic E-state index is 13.2. The van der Waals surface area contributed by atoms with Gasteiger partial charge in [-0.25, -0.2) is 9.37 Å². The minimum absolute atomic E-state index is 0.139. The van der Waals surface area contributed by atoms with E-state index >= 15 is 0 Å². The highest BCUT2D eigenvalue weighted by Gasteiger charge is 2.13. The summed E-state index contributed by atoms with van der Waals surface area (Å²) in [5.74, 6) is -0.244. The van der Waals surface area contributed by atoms with E-state index in [1.54, 1.807) is 19.1 Å². The second-order valence-electron chi connectivity index (χ2n) is 6.31.